The molecule has 3 rings (SSSR count). The van der Waals surface area contributed by atoms with Crippen LogP contribution in [0.25, 0.3) is 0 Å². The molecule has 142 valence electrons. The fourth-order valence-corrected chi connectivity index (χ4v) is 3.14. The molecule has 0 aliphatic carbocycles. The van der Waals surface area contributed by atoms with Crippen LogP contribution >= 0.6 is 0 Å². The second-order valence-electron chi connectivity index (χ2n) is 7.13. The monoisotopic (exact) mass is 366 g/mol. The Morgan fingerprint density at radius 2 is 1.63 bits per heavy atom. The lowest BCUT2D eigenvalue weighted by atomic mass is 10.0. The molecule has 1 aromatic carbocycles. The van der Waals surface area contributed by atoms with E-state index in [1.807, 2.05) is 12.1 Å². The largest absolute Gasteiger partial charge is 0.340 e. The highest BCUT2D eigenvalue weighted by molar-refractivity contribution is 5.95. The number of amides is 2. The number of anilines is 2. The van der Waals surface area contributed by atoms with Gasteiger partial charge in [0.2, 0.25) is 5.91 Å². The van der Waals surface area contributed by atoms with Crippen molar-refractivity contribution in [1.82, 2.24) is 14.8 Å². The first kappa shape index (κ1) is 18.9. The predicted molar refractivity (Wildman–Crippen MR) is 106 cm³/mol. The fourth-order valence-electron chi connectivity index (χ4n) is 3.14. The van der Waals surface area contributed by atoms with Crippen molar-refractivity contribution >= 4 is 23.3 Å². The number of benzene rings is 1. The average molecular weight is 366 g/mol. The van der Waals surface area contributed by atoms with E-state index in [2.05, 4.69) is 36.3 Å². The number of pyridine rings is 1. The summed E-state index contributed by atoms with van der Waals surface area (Å²) >= 11 is 0. The highest BCUT2D eigenvalue weighted by Crippen LogP contribution is 2.20. The van der Waals surface area contributed by atoms with Crippen LogP contribution in [0.1, 0.15) is 42.6 Å². The van der Waals surface area contributed by atoms with Crippen molar-refractivity contribution in [3.8, 4) is 0 Å². The van der Waals surface area contributed by atoms with Crippen molar-refractivity contribution in [1.29, 1.82) is 0 Å². The zero-order chi connectivity index (χ0) is 19.4. The van der Waals surface area contributed by atoms with Crippen molar-refractivity contribution in [2.45, 2.75) is 26.7 Å². The first-order chi connectivity index (χ1) is 12.9. The molecular weight excluding hydrogens is 340 g/mol. The lowest BCUT2D eigenvalue weighted by Gasteiger charge is -2.34. The van der Waals surface area contributed by atoms with Gasteiger partial charge < -0.3 is 15.1 Å². The van der Waals surface area contributed by atoms with Crippen molar-refractivity contribution in [2.24, 2.45) is 0 Å². The minimum Gasteiger partial charge on any atom is -0.340 e. The van der Waals surface area contributed by atoms with E-state index >= 15 is 0 Å². The zero-order valence-corrected chi connectivity index (χ0v) is 16.1. The molecule has 6 nitrogen and oxygen atoms in total. The number of aromatic nitrogens is 1. The van der Waals surface area contributed by atoms with Crippen molar-refractivity contribution in [2.75, 3.05) is 31.5 Å². The molecule has 1 fully saturated rings. The smallest absolute Gasteiger partial charge is 0.254 e. The molecule has 0 bridgehead atoms. The summed E-state index contributed by atoms with van der Waals surface area (Å²) in [5.41, 5.74) is 2.82. The van der Waals surface area contributed by atoms with Gasteiger partial charge in [-0.25, -0.2) is 4.98 Å². The molecule has 0 saturated carbocycles. The molecule has 27 heavy (non-hydrogen) atoms. The van der Waals surface area contributed by atoms with Crippen LogP contribution in [0.4, 0.5) is 11.5 Å². The van der Waals surface area contributed by atoms with Gasteiger partial charge in [-0.2, -0.15) is 0 Å². The molecule has 6 heteroatoms. The number of nitrogens with one attached hydrogen (secondary N) is 1. The van der Waals surface area contributed by atoms with Gasteiger partial charge >= 0.3 is 0 Å². The molecule has 1 aliphatic heterocycles. The second kappa shape index (κ2) is 8.20. The second-order valence-corrected chi connectivity index (χ2v) is 7.13. The van der Waals surface area contributed by atoms with Gasteiger partial charge in [-0.1, -0.05) is 26.0 Å². The van der Waals surface area contributed by atoms with E-state index in [4.69, 9.17) is 0 Å². The summed E-state index contributed by atoms with van der Waals surface area (Å²) < 4.78 is 0. The number of piperazine rings is 1. The van der Waals surface area contributed by atoms with Gasteiger partial charge in [-0.15, -0.1) is 0 Å². The number of hydrogen-bond donors (Lipinski definition) is 1. The van der Waals surface area contributed by atoms with E-state index in [1.54, 1.807) is 35.1 Å². The molecule has 0 unspecified atom stereocenters. The Morgan fingerprint density at radius 1 is 1.00 bits per heavy atom. The van der Waals surface area contributed by atoms with Crippen LogP contribution in [0.2, 0.25) is 0 Å². The van der Waals surface area contributed by atoms with E-state index in [9.17, 15) is 9.59 Å². The predicted octanol–water partition coefficient (Wildman–Crippen LogP) is 3.25. The van der Waals surface area contributed by atoms with Crippen LogP contribution in [0.3, 0.4) is 0 Å². The lowest BCUT2D eigenvalue weighted by molar-refractivity contribution is -0.130. The van der Waals surface area contributed by atoms with Gasteiger partial charge in [-0.05, 0) is 35.7 Å². The molecule has 0 spiro atoms. The summed E-state index contributed by atoms with van der Waals surface area (Å²) in [5, 5.41) is 3.26. The molecule has 1 N–H and O–H groups in total. The van der Waals surface area contributed by atoms with Crippen molar-refractivity contribution in [3.05, 3.63) is 53.7 Å². The van der Waals surface area contributed by atoms with E-state index in [1.165, 1.54) is 5.56 Å². The molecule has 0 radical (unpaired) electrons. The molecule has 1 aromatic heterocycles. The Balaban J connectivity index is 1.66. The van der Waals surface area contributed by atoms with Gasteiger partial charge in [-0.3, -0.25) is 9.59 Å². The number of carbonyl (C=O) groups excluding carboxylic acids is 2. The van der Waals surface area contributed by atoms with Gasteiger partial charge in [0.05, 0.1) is 0 Å². The molecule has 1 saturated heterocycles. The van der Waals surface area contributed by atoms with Gasteiger partial charge in [0.15, 0.2) is 0 Å². The molecule has 2 heterocycles. The third kappa shape index (κ3) is 4.64. The van der Waals surface area contributed by atoms with Crippen LogP contribution in [0.15, 0.2) is 42.6 Å². The Morgan fingerprint density at radius 3 is 2.22 bits per heavy atom. The molecule has 0 atom stereocenters. The van der Waals surface area contributed by atoms with E-state index < -0.39 is 0 Å². The number of hydrogen-bond acceptors (Lipinski definition) is 4. The van der Waals surface area contributed by atoms with Crippen molar-refractivity contribution < 1.29 is 9.59 Å². The third-order valence-corrected chi connectivity index (χ3v) is 4.87. The number of nitrogens with zero attached hydrogens (tertiary/aromatic N) is 3. The van der Waals surface area contributed by atoms with Crippen LogP contribution in [0, 0.1) is 0 Å². The lowest BCUT2D eigenvalue weighted by Crippen LogP contribution is -2.50. The summed E-state index contributed by atoms with van der Waals surface area (Å²) in [6.45, 7) is 8.16. The van der Waals surface area contributed by atoms with Gasteiger partial charge in [0.1, 0.15) is 5.82 Å². The topological polar surface area (TPSA) is 65.5 Å². The summed E-state index contributed by atoms with van der Waals surface area (Å²) in [5.74, 6) is 1.15. The Hall–Kier alpha value is -2.89. The molecule has 2 amide bonds. The third-order valence-electron chi connectivity index (χ3n) is 4.87. The highest BCUT2D eigenvalue weighted by Gasteiger charge is 2.23. The number of carbonyl (C=O) groups is 2. The summed E-state index contributed by atoms with van der Waals surface area (Å²) in [7, 11) is 0. The van der Waals surface area contributed by atoms with Crippen LogP contribution in [0.5, 0.6) is 0 Å². The molecule has 2 aromatic rings. The number of rotatable bonds is 4. The van der Waals surface area contributed by atoms with Crippen LogP contribution in [-0.2, 0) is 4.79 Å². The Bertz CT molecular complexity index is 809. The molecule has 1 aliphatic rings. The van der Waals surface area contributed by atoms with E-state index in [0.717, 1.165) is 5.69 Å². The normalized spacial score (nSPS) is 14.4. The first-order valence-electron chi connectivity index (χ1n) is 9.32. The summed E-state index contributed by atoms with van der Waals surface area (Å²) in [6, 6.07) is 11.7. The summed E-state index contributed by atoms with van der Waals surface area (Å²) in [4.78, 5) is 32.1. The molecular formula is C21H26N4O2. The Kier molecular flexibility index (Phi) is 5.74. The maximum Gasteiger partial charge on any atom is 0.254 e. The first-order valence-corrected chi connectivity index (χ1v) is 9.32. The standard InChI is InChI=1S/C21H26N4O2/c1-15(2)17-4-6-19(7-5-17)23-20-14-18(8-9-22-20)21(27)25-12-10-24(11-13-25)16(3)26/h4-9,14-15H,10-13H2,1-3H3,(H,22,23). The fraction of sp³-hybridized carbons (Fsp3) is 0.381. The maximum atomic E-state index is 12.8. The highest BCUT2D eigenvalue weighted by atomic mass is 16.2. The van der Waals surface area contributed by atoms with E-state index in [0.29, 0.717) is 43.5 Å². The zero-order valence-electron chi connectivity index (χ0n) is 16.1. The minimum atomic E-state index is -0.0289. The Labute approximate surface area is 160 Å². The average Bonchev–Trinajstić information content (AvgIpc) is 2.68. The van der Waals surface area contributed by atoms with Gasteiger partial charge in [0.25, 0.3) is 5.91 Å². The maximum absolute atomic E-state index is 12.8. The minimum absolute atomic E-state index is 0.0289. The van der Waals surface area contributed by atoms with Crippen LogP contribution < -0.4 is 5.32 Å². The van der Waals surface area contributed by atoms with Gasteiger partial charge in [0, 0.05) is 50.6 Å². The van der Waals surface area contributed by atoms with Crippen LogP contribution in [-0.4, -0.2) is 52.8 Å². The summed E-state index contributed by atoms with van der Waals surface area (Å²) in [6.07, 6.45) is 1.64. The van der Waals surface area contributed by atoms with E-state index in [-0.39, 0.29) is 11.8 Å². The quantitative estimate of drug-likeness (QED) is 0.902. The van der Waals surface area contributed by atoms with Crippen molar-refractivity contribution in [3.63, 3.8) is 0 Å². The SMILES string of the molecule is CC(=O)N1CCN(C(=O)c2ccnc(Nc3ccc(C(C)C)cc3)c2)CC1.